The molecule has 11 heavy (non-hydrogen) atoms. The molecule has 0 N–H and O–H groups in total. The lowest BCUT2D eigenvalue weighted by Crippen LogP contribution is -1.84. The van der Waals surface area contributed by atoms with E-state index >= 15 is 0 Å². The summed E-state index contributed by atoms with van der Waals surface area (Å²) in [6, 6.07) is 0. The summed E-state index contributed by atoms with van der Waals surface area (Å²) >= 11 is 0. The topological polar surface area (TPSA) is 12.4 Å². The van der Waals surface area contributed by atoms with Crippen molar-refractivity contribution in [3.63, 3.8) is 0 Å². The highest BCUT2D eigenvalue weighted by Crippen LogP contribution is 2.04. The van der Waals surface area contributed by atoms with E-state index in [0.29, 0.717) is 0 Å². The van der Waals surface area contributed by atoms with Gasteiger partial charge in [-0.2, -0.15) is 0 Å². The number of nitrogens with zero attached hydrogens (tertiary/aromatic N) is 1. The number of hydrogen-bond acceptors (Lipinski definition) is 1. The van der Waals surface area contributed by atoms with Crippen molar-refractivity contribution in [3.8, 4) is 0 Å². The van der Waals surface area contributed by atoms with Crippen molar-refractivity contribution < 1.29 is 0 Å². The van der Waals surface area contributed by atoms with Gasteiger partial charge in [0.05, 0.1) is 0 Å². The molecule has 0 rings (SSSR count). The van der Waals surface area contributed by atoms with E-state index in [0.717, 1.165) is 6.42 Å². The van der Waals surface area contributed by atoms with E-state index in [2.05, 4.69) is 18.5 Å². The van der Waals surface area contributed by atoms with E-state index in [4.69, 9.17) is 0 Å². The largest absolute Gasteiger partial charge is 0.296 e. The third kappa shape index (κ3) is 5.59. The summed E-state index contributed by atoms with van der Waals surface area (Å²) in [6.45, 7) is 5.84. The summed E-state index contributed by atoms with van der Waals surface area (Å²) in [4.78, 5) is 3.97. The molecule has 0 fully saturated rings. The number of rotatable bonds is 5. The molecular formula is C10H17N. The van der Waals surface area contributed by atoms with Crippen LogP contribution < -0.4 is 0 Å². The van der Waals surface area contributed by atoms with Crippen LogP contribution in [0.4, 0.5) is 0 Å². The van der Waals surface area contributed by atoms with Gasteiger partial charge in [-0.05, 0) is 18.4 Å². The quantitative estimate of drug-likeness (QED) is 0.423. The van der Waals surface area contributed by atoms with Crippen LogP contribution in [0, 0.1) is 0 Å². The van der Waals surface area contributed by atoms with Gasteiger partial charge in [0.15, 0.2) is 0 Å². The normalized spacial score (nSPS) is 12.4. The van der Waals surface area contributed by atoms with E-state index in [1.54, 1.807) is 7.05 Å². The number of hydrogen-bond donors (Lipinski definition) is 0. The van der Waals surface area contributed by atoms with Gasteiger partial charge in [-0.25, -0.2) is 0 Å². The summed E-state index contributed by atoms with van der Waals surface area (Å²) in [5.41, 5.74) is 1.27. The van der Waals surface area contributed by atoms with E-state index in [9.17, 15) is 0 Å². The average molecular weight is 151 g/mol. The third-order valence-electron chi connectivity index (χ3n) is 1.45. The summed E-state index contributed by atoms with van der Waals surface area (Å²) in [5, 5.41) is 0. The van der Waals surface area contributed by atoms with Gasteiger partial charge >= 0.3 is 0 Å². The van der Waals surface area contributed by atoms with Crippen LogP contribution in [0.1, 0.15) is 26.2 Å². The van der Waals surface area contributed by atoms with E-state index in [-0.39, 0.29) is 0 Å². The van der Waals surface area contributed by atoms with Gasteiger partial charge in [-0.15, -0.1) is 0 Å². The maximum absolute atomic E-state index is 3.97. The average Bonchev–Trinajstić information content (AvgIpc) is 2.01. The van der Waals surface area contributed by atoms with Gasteiger partial charge in [0.2, 0.25) is 0 Å². The van der Waals surface area contributed by atoms with Crippen molar-refractivity contribution in [2.45, 2.75) is 26.2 Å². The molecule has 0 bridgehead atoms. The molecule has 0 amide bonds. The molecule has 0 saturated heterocycles. The van der Waals surface area contributed by atoms with E-state index in [1.807, 2.05) is 18.4 Å². The molecular weight excluding hydrogens is 134 g/mol. The Hall–Kier alpha value is -0.850. The second-order valence-electron chi connectivity index (χ2n) is 2.47. The SMILES string of the molecule is C=C/C=C(\C=NC)CCCC. The van der Waals surface area contributed by atoms with Crippen LogP contribution in [-0.4, -0.2) is 13.3 Å². The standard InChI is InChI=1S/C10H17N/c1-4-6-8-10(7-5-2)9-11-3/h5,7,9H,2,4,6,8H2,1,3H3/b10-7-,11-9?. The summed E-state index contributed by atoms with van der Waals surface area (Å²) in [7, 11) is 1.79. The van der Waals surface area contributed by atoms with Gasteiger partial charge in [-0.3, -0.25) is 4.99 Å². The zero-order valence-electron chi connectivity index (χ0n) is 7.51. The molecule has 0 aliphatic rings. The smallest absolute Gasteiger partial charge is 0.0277 e. The van der Waals surface area contributed by atoms with Crippen molar-refractivity contribution in [2.24, 2.45) is 4.99 Å². The van der Waals surface area contributed by atoms with Crippen LogP contribution in [0.5, 0.6) is 0 Å². The fraction of sp³-hybridized carbons (Fsp3) is 0.500. The Morgan fingerprint density at radius 1 is 1.55 bits per heavy atom. The van der Waals surface area contributed by atoms with Gasteiger partial charge < -0.3 is 0 Å². The number of unbranched alkanes of at least 4 members (excludes halogenated alkanes) is 1. The molecule has 0 radical (unpaired) electrons. The summed E-state index contributed by atoms with van der Waals surface area (Å²) in [5.74, 6) is 0. The first-order valence-corrected chi connectivity index (χ1v) is 4.09. The minimum Gasteiger partial charge on any atom is -0.296 e. The molecule has 0 aliphatic heterocycles. The van der Waals surface area contributed by atoms with Gasteiger partial charge in [0.1, 0.15) is 0 Å². The van der Waals surface area contributed by atoms with Crippen LogP contribution in [0.15, 0.2) is 29.3 Å². The third-order valence-corrected chi connectivity index (χ3v) is 1.45. The number of allylic oxidation sites excluding steroid dienone is 3. The van der Waals surface area contributed by atoms with Crippen LogP contribution in [0.3, 0.4) is 0 Å². The van der Waals surface area contributed by atoms with Gasteiger partial charge in [-0.1, -0.05) is 32.1 Å². The molecule has 1 nitrogen and oxygen atoms in total. The highest BCUT2D eigenvalue weighted by Gasteiger charge is 1.89. The highest BCUT2D eigenvalue weighted by atomic mass is 14.6. The molecule has 0 aromatic heterocycles. The van der Waals surface area contributed by atoms with Crippen molar-refractivity contribution in [3.05, 3.63) is 24.3 Å². The first kappa shape index (κ1) is 10.2. The first-order valence-electron chi connectivity index (χ1n) is 4.09. The lowest BCUT2D eigenvalue weighted by atomic mass is 10.1. The Morgan fingerprint density at radius 2 is 2.27 bits per heavy atom. The zero-order chi connectivity index (χ0) is 8.53. The van der Waals surface area contributed by atoms with Crippen molar-refractivity contribution >= 4 is 6.21 Å². The van der Waals surface area contributed by atoms with Crippen LogP contribution in [0.2, 0.25) is 0 Å². The van der Waals surface area contributed by atoms with Crippen molar-refractivity contribution in [1.82, 2.24) is 0 Å². The Kier molecular flexibility index (Phi) is 6.70. The fourth-order valence-corrected chi connectivity index (χ4v) is 0.889. The maximum atomic E-state index is 3.97. The van der Waals surface area contributed by atoms with Crippen molar-refractivity contribution in [1.29, 1.82) is 0 Å². The Labute approximate surface area is 69.5 Å². The van der Waals surface area contributed by atoms with Crippen LogP contribution >= 0.6 is 0 Å². The molecule has 1 heteroatoms. The molecule has 0 saturated carbocycles. The second-order valence-corrected chi connectivity index (χ2v) is 2.47. The minimum atomic E-state index is 1.11. The Bertz CT molecular complexity index is 154. The molecule has 0 aromatic carbocycles. The molecule has 0 spiro atoms. The predicted octanol–water partition coefficient (Wildman–Crippen LogP) is 2.99. The molecule has 0 heterocycles. The van der Waals surface area contributed by atoms with Gasteiger partial charge in [0.25, 0.3) is 0 Å². The molecule has 62 valence electrons. The second kappa shape index (κ2) is 7.26. The highest BCUT2D eigenvalue weighted by molar-refractivity contribution is 5.78. The fourth-order valence-electron chi connectivity index (χ4n) is 0.889. The maximum Gasteiger partial charge on any atom is 0.0277 e. The lowest BCUT2D eigenvalue weighted by molar-refractivity contribution is 0.804. The first-order chi connectivity index (χ1) is 5.35. The van der Waals surface area contributed by atoms with E-state index < -0.39 is 0 Å². The van der Waals surface area contributed by atoms with Crippen molar-refractivity contribution in [2.75, 3.05) is 7.05 Å². The summed E-state index contributed by atoms with van der Waals surface area (Å²) in [6.07, 6.45) is 9.30. The van der Waals surface area contributed by atoms with Crippen LogP contribution in [0.25, 0.3) is 0 Å². The number of aliphatic imine (C=N–C) groups is 1. The lowest BCUT2D eigenvalue weighted by Gasteiger charge is -1.96. The van der Waals surface area contributed by atoms with E-state index in [1.165, 1.54) is 18.4 Å². The zero-order valence-corrected chi connectivity index (χ0v) is 7.51. The predicted molar refractivity (Wildman–Crippen MR) is 52.2 cm³/mol. The Morgan fingerprint density at radius 3 is 2.73 bits per heavy atom. The monoisotopic (exact) mass is 151 g/mol. The minimum absolute atomic E-state index is 1.11. The summed E-state index contributed by atoms with van der Waals surface area (Å²) < 4.78 is 0. The molecule has 0 atom stereocenters. The molecule has 0 aliphatic carbocycles. The van der Waals surface area contributed by atoms with Crippen LogP contribution in [-0.2, 0) is 0 Å². The molecule has 0 unspecified atom stereocenters. The Balaban J connectivity index is 3.89. The molecule has 0 aromatic rings. The van der Waals surface area contributed by atoms with Gasteiger partial charge in [0, 0.05) is 13.3 Å².